The molecular weight excluding hydrogens is 518 g/mol. The van der Waals surface area contributed by atoms with Crippen molar-refractivity contribution in [3.63, 3.8) is 0 Å². The first-order chi connectivity index (χ1) is 18.4. The maximum absolute atomic E-state index is 12.8. The number of benzene rings is 1. The minimum Gasteiger partial charge on any atom is -0.356 e. The molecule has 198 valence electrons. The van der Waals surface area contributed by atoms with Crippen molar-refractivity contribution in [3.8, 4) is 11.3 Å². The summed E-state index contributed by atoms with van der Waals surface area (Å²) < 4.78 is 0. The standard InChI is InChI=1S/C28H31N5O3S2/c1-16-5-10-20-22(14-16)38-27-25(20)26(36)31-23(32-27)11-12-24(35)33-28-30-21(15-37-28)19-8-6-18(7-9-19)4-3-13-29-17(2)34/h6-9,15-16H,3-5,10-14H2,1-2H3,(H,29,34)(H,30,33,35)(H,31,32,36). The van der Waals surface area contributed by atoms with Crippen LogP contribution in [0.3, 0.4) is 0 Å². The topological polar surface area (TPSA) is 117 Å². The fourth-order valence-electron chi connectivity index (χ4n) is 4.79. The first kappa shape index (κ1) is 26.2. The van der Waals surface area contributed by atoms with E-state index in [1.807, 2.05) is 17.5 Å². The highest BCUT2D eigenvalue weighted by Crippen LogP contribution is 2.35. The molecule has 0 saturated heterocycles. The van der Waals surface area contributed by atoms with Gasteiger partial charge in [-0.05, 0) is 49.1 Å². The van der Waals surface area contributed by atoms with Crippen LogP contribution in [0.5, 0.6) is 0 Å². The third-order valence-electron chi connectivity index (χ3n) is 6.82. The highest BCUT2D eigenvalue weighted by molar-refractivity contribution is 7.18. The number of aromatic nitrogens is 3. The second-order valence-corrected chi connectivity index (χ2v) is 11.9. The van der Waals surface area contributed by atoms with Crippen LogP contribution in [0.4, 0.5) is 5.13 Å². The van der Waals surface area contributed by atoms with E-state index < -0.39 is 0 Å². The summed E-state index contributed by atoms with van der Waals surface area (Å²) >= 11 is 3.00. The van der Waals surface area contributed by atoms with Crippen molar-refractivity contribution < 1.29 is 9.59 Å². The molecule has 38 heavy (non-hydrogen) atoms. The number of fused-ring (bicyclic) bond motifs is 3. The van der Waals surface area contributed by atoms with Crippen molar-refractivity contribution >= 4 is 49.8 Å². The molecule has 0 saturated carbocycles. The Hall–Kier alpha value is -3.37. The van der Waals surface area contributed by atoms with E-state index in [-0.39, 0.29) is 23.8 Å². The molecule has 8 nitrogen and oxygen atoms in total. The molecule has 1 aliphatic rings. The van der Waals surface area contributed by atoms with Gasteiger partial charge >= 0.3 is 0 Å². The molecular formula is C28H31N5O3S2. The molecule has 0 radical (unpaired) electrons. The molecule has 1 aliphatic carbocycles. The van der Waals surface area contributed by atoms with Gasteiger partial charge in [0.05, 0.1) is 11.1 Å². The monoisotopic (exact) mass is 549 g/mol. The number of thiazole rings is 1. The number of aromatic amines is 1. The summed E-state index contributed by atoms with van der Waals surface area (Å²) in [4.78, 5) is 50.6. The lowest BCUT2D eigenvalue weighted by molar-refractivity contribution is -0.119. The maximum atomic E-state index is 12.8. The number of nitrogens with one attached hydrogen (secondary N) is 3. The third-order valence-corrected chi connectivity index (χ3v) is 8.73. The molecule has 3 N–H and O–H groups in total. The molecule has 2 amide bonds. The summed E-state index contributed by atoms with van der Waals surface area (Å²) in [5, 5.41) is 8.88. The van der Waals surface area contributed by atoms with Gasteiger partial charge in [0.2, 0.25) is 11.8 Å². The van der Waals surface area contributed by atoms with E-state index in [0.717, 1.165) is 59.1 Å². The molecule has 1 aromatic carbocycles. The Kier molecular flexibility index (Phi) is 7.99. The predicted molar refractivity (Wildman–Crippen MR) is 153 cm³/mol. The molecule has 3 aromatic heterocycles. The molecule has 1 unspecified atom stereocenters. The molecule has 3 heterocycles. The van der Waals surface area contributed by atoms with Crippen LogP contribution in [0.1, 0.15) is 54.9 Å². The van der Waals surface area contributed by atoms with Crippen LogP contribution in [0.15, 0.2) is 34.4 Å². The Morgan fingerprint density at radius 2 is 1.97 bits per heavy atom. The number of nitrogens with zero attached hydrogens (tertiary/aromatic N) is 2. The predicted octanol–water partition coefficient (Wildman–Crippen LogP) is 4.87. The van der Waals surface area contributed by atoms with E-state index in [1.54, 1.807) is 11.3 Å². The Labute approximate surface area is 228 Å². The molecule has 1 atom stereocenters. The van der Waals surface area contributed by atoms with Crippen LogP contribution >= 0.6 is 22.7 Å². The van der Waals surface area contributed by atoms with Gasteiger partial charge in [0.15, 0.2) is 5.13 Å². The Morgan fingerprint density at radius 1 is 1.16 bits per heavy atom. The lowest BCUT2D eigenvalue weighted by atomic mass is 9.89. The second kappa shape index (κ2) is 11.6. The molecule has 5 rings (SSSR count). The van der Waals surface area contributed by atoms with Gasteiger partial charge < -0.3 is 15.6 Å². The van der Waals surface area contributed by atoms with E-state index >= 15 is 0 Å². The minimum absolute atomic E-state index is 0.00831. The zero-order valence-corrected chi connectivity index (χ0v) is 23.2. The van der Waals surface area contributed by atoms with Gasteiger partial charge in [-0.3, -0.25) is 14.4 Å². The molecule has 10 heteroatoms. The van der Waals surface area contributed by atoms with Crippen molar-refractivity contribution in [3.05, 3.63) is 61.8 Å². The largest absolute Gasteiger partial charge is 0.356 e. The van der Waals surface area contributed by atoms with E-state index in [4.69, 9.17) is 0 Å². The van der Waals surface area contributed by atoms with Gasteiger partial charge in [-0.25, -0.2) is 9.97 Å². The van der Waals surface area contributed by atoms with Crippen molar-refractivity contribution in [2.75, 3.05) is 11.9 Å². The van der Waals surface area contributed by atoms with Gasteiger partial charge in [0.1, 0.15) is 10.7 Å². The van der Waals surface area contributed by atoms with Crippen LogP contribution in [-0.2, 0) is 35.3 Å². The van der Waals surface area contributed by atoms with Gasteiger partial charge in [-0.15, -0.1) is 22.7 Å². The molecule has 4 aromatic rings. The fraction of sp³-hybridized carbons (Fsp3) is 0.393. The van der Waals surface area contributed by atoms with Gasteiger partial charge in [-0.1, -0.05) is 31.2 Å². The second-order valence-electron chi connectivity index (χ2n) is 9.91. The minimum atomic E-state index is -0.164. The number of amides is 2. The number of aryl methyl sites for hydroxylation is 3. The first-order valence-corrected chi connectivity index (χ1v) is 14.7. The normalized spacial score (nSPS) is 14.8. The van der Waals surface area contributed by atoms with Crippen LogP contribution in [0.25, 0.3) is 21.5 Å². The van der Waals surface area contributed by atoms with Crippen LogP contribution < -0.4 is 16.2 Å². The van der Waals surface area contributed by atoms with Gasteiger partial charge in [0, 0.05) is 42.1 Å². The zero-order valence-electron chi connectivity index (χ0n) is 21.6. The van der Waals surface area contributed by atoms with Crippen LogP contribution in [0.2, 0.25) is 0 Å². The number of hydrogen-bond acceptors (Lipinski definition) is 7. The lowest BCUT2D eigenvalue weighted by Crippen LogP contribution is -2.21. The average molecular weight is 550 g/mol. The molecule has 0 aliphatic heterocycles. The zero-order chi connectivity index (χ0) is 26.6. The van der Waals surface area contributed by atoms with E-state index in [2.05, 4.69) is 44.6 Å². The summed E-state index contributed by atoms with van der Waals surface area (Å²) in [5.41, 5.74) is 4.06. The Morgan fingerprint density at radius 3 is 2.76 bits per heavy atom. The van der Waals surface area contributed by atoms with Crippen molar-refractivity contribution in [1.29, 1.82) is 0 Å². The molecule has 0 bridgehead atoms. The number of anilines is 1. The quantitative estimate of drug-likeness (QED) is 0.258. The van der Waals surface area contributed by atoms with Crippen LogP contribution in [0, 0.1) is 5.92 Å². The average Bonchev–Trinajstić information content (AvgIpc) is 3.50. The SMILES string of the molecule is CC(=O)NCCCc1ccc(-c2csc(NC(=O)CCc3nc4sc5c(c4c(=O)[nH]3)CCC(C)C5)n2)cc1. The van der Waals surface area contributed by atoms with Gasteiger partial charge in [0.25, 0.3) is 5.56 Å². The summed E-state index contributed by atoms with van der Waals surface area (Å²) in [6.07, 6.45) is 5.38. The first-order valence-electron chi connectivity index (χ1n) is 13.0. The number of carbonyl (C=O) groups is 2. The number of hydrogen-bond donors (Lipinski definition) is 3. The maximum Gasteiger partial charge on any atom is 0.259 e. The number of H-pyrrole nitrogens is 1. The Balaban J connectivity index is 1.15. The summed E-state index contributed by atoms with van der Waals surface area (Å²) in [6, 6.07) is 8.18. The fourth-order valence-corrected chi connectivity index (χ4v) is 6.93. The third kappa shape index (κ3) is 6.19. The van der Waals surface area contributed by atoms with E-state index in [1.165, 1.54) is 28.7 Å². The van der Waals surface area contributed by atoms with Gasteiger partial charge in [-0.2, -0.15) is 0 Å². The lowest BCUT2D eigenvalue weighted by Gasteiger charge is -2.17. The molecule has 0 fully saturated rings. The Bertz CT molecular complexity index is 1520. The number of carbonyl (C=O) groups excluding carboxylic acids is 2. The highest BCUT2D eigenvalue weighted by atomic mass is 32.1. The van der Waals surface area contributed by atoms with Crippen molar-refractivity contribution in [1.82, 2.24) is 20.3 Å². The van der Waals surface area contributed by atoms with Crippen molar-refractivity contribution in [2.24, 2.45) is 5.92 Å². The highest BCUT2D eigenvalue weighted by Gasteiger charge is 2.23. The summed E-state index contributed by atoms with van der Waals surface area (Å²) in [6.45, 7) is 4.44. The number of rotatable bonds is 9. The summed E-state index contributed by atoms with van der Waals surface area (Å²) in [5.74, 6) is 1.01. The summed E-state index contributed by atoms with van der Waals surface area (Å²) in [7, 11) is 0. The molecule has 0 spiro atoms. The van der Waals surface area contributed by atoms with E-state index in [0.29, 0.717) is 29.8 Å². The van der Waals surface area contributed by atoms with E-state index in [9.17, 15) is 14.4 Å². The van der Waals surface area contributed by atoms with Crippen LogP contribution in [-0.4, -0.2) is 33.3 Å². The number of thiophene rings is 1. The van der Waals surface area contributed by atoms with Crippen molar-refractivity contribution in [2.45, 2.75) is 58.8 Å². The smallest absolute Gasteiger partial charge is 0.259 e.